The quantitative estimate of drug-likeness (QED) is 0.609. The molecular formula is C19H20ClN5O3. The third-order valence-corrected chi connectivity index (χ3v) is 5.81. The second-order valence-corrected chi connectivity index (χ2v) is 7.76. The Morgan fingerprint density at radius 1 is 1.25 bits per heavy atom. The minimum atomic E-state index is -0.455. The third kappa shape index (κ3) is 2.93. The van der Waals surface area contributed by atoms with Crippen molar-refractivity contribution in [1.29, 1.82) is 0 Å². The maximum absolute atomic E-state index is 12.3. The summed E-state index contributed by atoms with van der Waals surface area (Å²) in [6, 6.07) is 1.53. The third-order valence-electron chi connectivity index (χ3n) is 5.51. The van der Waals surface area contributed by atoms with Gasteiger partial charge in [0.05, 0.1) is 35.5 Å². The van der Waals surface area contributed by atoms with Gasteiger partial charge in [-0.05, 0) is 18.9 Å². The molecule has 146 valence electrons. The minimum absolute atomic E-state index is 0.218. The highest BCUT2D eigenvalue weighted by atomic mass is 35.5. The van der Waals surface area contributed by atoms with Crippen LogP contribution in [0.5, 0.6) is 0 Å². The van der Waals surface area contributed by atoms with Crippen molar-refractivity contribution < 1.29 is 13.6 Å². The summed E-state index contributed by atoms with van der Waals surface area (Å²) in [4.78, 5) is 20.8. The summed E-state index contributed by atoms with van der Waals surface area (Å²) >= 11 is 6.51. The van der Waals surface area contributed by atoms with Crippen molar-refractivity contribution in [2.75, 3.05) is 5.32 Å². The first-order chi connectivity index (χ1) is 13.6. The van der Waals surface area contributed by atoms with Crippen molar-refractivity contribution in [1.82, 2.24) is 20.6 Å². The molecule has 0 unspecified atom stereocenters. The fourth-order valence-corrected chi connectivity index (χ4v) is 4.56. The summed E-state index contributed by atoms with van der Waals surface area (Å²) in [5.41, 5.74) is 2.48. The number of urea groups is 1. The van der Waals surface area contributed by atoms with Crippen LogP contribution in [0.25, 0.3) is 11.1 Å². The van der Waals surface area contributed by atoms with E-state index in [4.69, 9.17) is 20.4 Å². The molecule has 1 saturated carbocycles. The molecular weight excluding hydrogens is 382 g/mol. The highest BCUT2D eigenvalue weighted by Crippen LogP contribution is 2.48. The molecule has 2 amide bonds. The van der Waals surface area contributed by atoms with Crippen molar-refractivity contribution >= 4 is 34.4 Å². The van der Waals surface area contributed by atoms with Crippen LogP contribution < -0.4 is 16.0 Å². The predicted molar refractivity (Wildman–Crippen MR) is 103 cm³/mol. The molecule has 0 saturated heterocycles. The van der Waals surface area contributed by atoms with Gasteiger partial charge in [0.15, 0.2) is 12.0 Å². The van der Waals surface area contributed by atoms with E-state index in [1.165, 1.54) is 6.39 Å². The number of aromatic nitrogens is 2. The Labute approximate surface area is 166 Å². The number of amides is 2. The van der Waals surface area contributed by atoms with Crippen LogP contribution in [0.3, 0.4) is 0 Å². The topological polar surface area (TPSA) is 105 Å². The van der Waals surface area contributed by atoms with Crippen LogP contribution in [0.1, 0.15) is 49.3 Å². The van der Waals surface area contributed by atoms with Gasteiger partial charge in [0.25, 0.3) is 0 Å². The molecule has 9 heteroatoms. The normalized spacial score (nSPS) is 18.1. The Morgan fingerprint density at radius 2 is 2.11 bits per heavy atom. The highest BCUT2D eigenvalue weighted by molar-refractivity contribution is 6.35. The first-order valence-corrected chi connectivity index (χ1v) is 9.82. The summed E-state index contributed by atoms with van der Waals surface area (Å²) in [6.45, 7) is 0.966. The van der Waals surface area contributed by atoms with E-state index < -0.39 is 5.54 Å². The zero-order chi connectivity index (χ0) is 19.1. The van der Waals surface area contributed by atoms with Crippen LogP contribution in [0.4, 0.5) is 10.5 Å². The van der Waals surface area contributed by atoms with E-state index >= 15 is 0 Å². The zero-order valence-electron chi connectivity index (χ0n) is 15.2. The van der Waals surface area contributed by atoms with Gasteiger partial charge in [-0.2, -0.15) is 0 Å². The Bertz CT molecular complexity index is 1020. The number of hydrogen-bond acceptors (Lipinski definition) is 6. The van der Waals surface area contributed by atoms with Crippen LogP contribution in [-0.2, 0) is 18.6 Å². The maximum Gasteiger partial charge on any atom is 0.319 e. The summed E-state index contributed by atoms with van der Waals surface area (Å²) in [6.07, 6.45) is 8.05. The van der Waals surface area contributed by atoms with Gasteiger partial charge in [-0.15, -0.1) is 0 Å². The zero-order valence-corrected chi connectivity index (χ0v) is 15.9. The molecule has 0 bridgehead atoms. The molecule has 1 fully saturated rings. The van der Waals surface area contributed by atoms with Crippen molar-refractivity contribution in [3.05, 3.63) is 40.9 Å². The van der Waals surface area contributed by atoms with E-state index in [0.29, 0.717) is 40.8 Å². The molecule has 1 aromatic carbocycles. The van der Waals surface area contributed by atoms with Gasteiger partial charge in [-0.1, -0.05) is 30.9 Å². The molecule has 0 radical (unpaired) electrons. The van der Waals surface area contributed by atoms with Crippen LogP contribution in [-0.4, -0.2) is 16.0 Å². The van der Waals surface area contributed by atoms with Gasteiger partial charge in [-0.25, -0.2) is 14.8 Å². The van der Waals surface area contributed by atoms with E-state index in [-0.39, 0.29) is 6.03 Å². The average Bonchev–Trinajstić information content (AvgIpc) is 3.32. The highest BCUT2D eigenvalue weighted by Gasteiger charge is 2.44. The first kappa shape index (κ1) is 17.5. The van der Waals surface area contributed by atoms with Crippen molar-refractivity contribution in [2.24, 2.45) is 0 Å². The van der Waals surface area contributed by atoms with E-state index in [0.717, 1.165) is 43.4 Å². The number of nitrogens with zero attached hydrogens (tertiary/aromatic N) is 2. The number of nitrogens with one attached hydrogen (secondary N) is 3. The molecule has 3 N–H and O–H groups in total. The van der Waals surface area contributed by atoms with Gasteiger partial charge < -0.3 is 24.8 Å². The number of carbonyl (C=O) groups is 1. The Kier molecular flexibility index (Phi) is 4.25. The number of fused-ring (bicyclic) bond motifs is 4. The lowest BCUT2D eigenvalue weighted by Gasteiger charge is -2.42. The second kappa shape index (κ2) is 6.79. The fourth-order valence-electron chi connectivity index (χ4n) is 4.31. The number of anilines is 1. The lowest BCUT2D eigenvalue weighted by Crippen LogP contribution is -2.52. The molecule has 1 spiro atoms. The largest absolute Gasteiger partial charge is 0.447 e. The van der Waals surface area contributed by atoms with E-state index in [9.17, 15) is 4.79 Å². The molecule has 0 atom stereocenters. The van der Waals surface area contributed by atoms with Gasteiger partial charge in [0.1, 0.15) is 11.3 Å². The smallest absolute Gasteiger partial charge is 0.319 e. The van der Waals surface area contributed by atoms with Crippen molar-refractivity contribution in [2.45, 2.75) is 50.7 Å². The number of oxazole rings is 2. The van der Waals surface area contributed by atoms with Crippen LogP contribution in [0.15, 0.2) is 27.5 Å². The summed E-state index contributed by atoms with van der Waals surface area (Å²) < 4.78 is 11.3. The van der Waals surface area contributed by atoms with E-state index in [1.807, 2.05) is 0 Å². The average molecular weight is 402 g/mol. The molecule has 1 aliphatic heterocycles. The molecule has 1 aliphatic carbocycles. The Hall–Kier alpha value is -2.58. The maximum atomic E-state index is 12.3. The fraction of sp³-hybridized carbons (Fsp3) is 0.421. The number of hydrogen-bond donors (Lipinski definition) is 3. The molecule has 8 nitrogen and oxygen atoms in total. The first-order valence-electron chi connectivity index (χ1n) is 9.44. The van der Waals surface area contributed by atoms with Gasteiger partial charge in [0, 0.05) is 5.56 Å². The molecule has 2 aromatic heterocycles. The van der Waals surface area contributed by atoms with Crippen LogP contribution in [0, 0.1) is 0 Å². The monoisotopic (exact) mass is 401 g/mol. The molecule has 5 rings (SSSR count). The molecule has 28 heavy (non-hydrogen) atoms. The van der Waals surface area contributed by atoms with Crippen LogP contribution in [0.2, 0.25) is 5.02 Å². The van der Waals surface area contributed by atoms with E-state index in [2.05, 4.69) is 25.9 Å². The minimum Gasteiger partial charge on any atom is -0.447 e. The lowest BCUT2D eigenvalue weighted by molar-refractivity contribution is 0.209. The number of benzene rings is 1. The summed E-state index contributed by atoms with van der Waals surface area (Å²) in [5, 5.41) is 9.72. The standard InChI is InChI=1S/C19H20ClN5O3/c20-12-6-13-17(28-14(23-13)9-21-7-11-8-22-10-27-11)15-16(12)24-18(26)25-19(15)4-2-1-3-5-19/h6,8,10,21H,1-5,7,9H2,(H2,24,25,26). The second-order valence-electron chi connectivity index (χ2n) is 7.36. The van der Waals surface area contributed by atoms with Crippen molar-refractivity contribution in [3.63, 3.8) is 0 Å². The molecule has 2 aliphatic rings. The molecule has 3 aromatic rings. The summed E-state index contributed by atoms with van der Waals surface area (Å²) in [5.74, 6) is 1.30. The van der Waals surface area contributed by atoms with Crippen molar-refractivity contribution in [3.8, 4) is 0 Å². The van der Waals surface area contributed by atoms with Gasteiger partial charge >= 0.3 is 6.03 Å². The van der Waals surface area contributed by atoms with Crippen LogP contribution >= 0.6 is 11.6 Å². The Morgan fingerprint density at radius 3 is 2.89 bits per heavy atom. The number of carbonyl (C=O) groups excluding carboxylic acids is 1. The van der Waals surface area contributed by atoms with E-state index in [1.54, 1.807) is 12.3 Å². The predicted octanol–water partition coefficient (Wildman–Crippen LogP) is 4.05. The lowest BCUT2D eigenvalue weighted by atomic mass is 9.74. The van der Waals surface area contributed by atoms with Gasteiger partial charge in [-0.3, -0.25) is 0 Å². The van der Waals surface area contributed by atoms with Gasteiger partial charge in [0.2, 0.25) is 5.89 Å². The summed E-state index contributed by atoms with van der Waals surface area (Å²) in [7, 11) is 0. The SMILES string of the molecule is O=C1Nc2c(Cl)cc3nc(CNCc4cnco4)oc3c2C2(CCCCC2)N1. The Balaban J connectivity index is 1.52. The number of halogens is 1. The molecule has 3 heterocycles. The number of rotatable bonds is 4.